The number of piperidine rings is 1. The van der Waals surface area contributed by atoms with E-state index in [1.54, 1.807) is 48.7 Å². The lowest BCUT2D eigenvalue weighted by Gasteiger charge is -2.27. The number of ether oxygens (including phenoxy) is 6. The molecule has 4 N–H and O–H groups in total. The topological polar surface area (TPSA) is 247 Å². The first-order valence-electron chi connectivity index (χ1n) is 23.7. The van der Waals surface area contributed by atoms with Crippen molar-refractivity contribution >= 4 is 76.8 Å². The predicted octanol–water partition coefficient (Wildman–Crippen LogP) is 5.63. The molecule has 6 amide bonds. The van der Waals surface area contributed by atoms with Crippen LogP contribution in [-0.2, 0) is 35.1 Å². The maximum Gasteiger partial charge on any atom is 0.266 e. The summed E-state index contributed by atoms with van der Waals surface area (Å²) in [4.78, 5) is 90.7. The van der Waals surface area contributed by atoms with Gasteiger partial charge < -0.3 is 44.4 Å². The van der Waals surface area contributed by atoms with E-state index >= 15 is 4.39 Å². The highest BCUT2D eigenvalue weighted by Crippen LogP contribution is 2.37. The molecule has 8 rings (SSSR count). The summed E-state index contributed by atoms with van der Waals surface area (Å²) in [5, 5.41) is 11.4. The number of nitrogens with one attached hydrogen (secondary N) is 4. The fraction of sp³-hybridized carbons (Fsp3) is 0.327. The minimum Gasteiger partial charge on any atom is -0.496 e. The van der Waals surface area contributed by atoms with Crippen LogP contribution in [0.5, 0.6) is 17.2 Å². The molecule has 23 heteroatoms. The second kappa shape index (κ2) is 26.1. The number of hydrogen-bond acceptors (Lipinski definition) is 16. The molecular formula is C52H53Cl2FN8O12. The van der Waals surface area contributed by atoms with E-state index in [-0.39, 0.29) is 66.1 Å². The molecular weight excluding hydrogens is 1020 g/mol. The Labute approximate surface area is 441 Å². The molecule has 0 radical (unpaired) electrons. The number of aliphatic imine (C=N–C) groups is 1. The van der Waals surface area contributed by atoms with Crippen molar-refractivity contribution in [2.75, 3.05) is 78.9 Å². The van der Waals surface area contributed by atoms with Gasteiger partial charge in [0.2, 0.25) is 17.8 Å². The van der Waals surface area contributed by atoms with Crippen molar-refractivity contribution in [3.05, 3.63) is 123 Å². The van der Waals surface area contributed by atoms with Crippen molar-refractivity contribution in [1.29, 1.82) is 0 Å². The monoisotopic (exact) mass is 1070 g/mol. The number of methoxy groups -OCH3 is 2. The van der Waals surface area contributed by atoms with E-state index in [0.717, 1.165) is 10.5 Å². The van der Waals surface area contributed by atoms with Crippen LogP contribution >= 0.6 is 24.0 Å². The number of nitrogens with zero attached hydrogens (tertiary/aromatic N) is 4. The van der Waals surface area contributed by atoms with Crippen LogP contribution in [0.25, 0.3) is 11.3 Å². The number of rotatable bonds is 24. The molecule has 1 aromatic heterocycles. The molecule has 0 aliphatic carbocycles. The number of benzene rings is 4. The van der Waals surface area contributed by atoms with E-state index in [1.165, 1.54) is 38.5 Å². The molecule has 1 unspecified atom stereocenters. The van der Waals surface area contributed by atoms with Gasteiger partial charge in [-0.1, -0.05) is 29.8 Å². The normalized spacial score (nSPS) is 14.6. The lowest BCUT2D eigenvalue weighted by molar-refractivity contribution is -0.136. The molecule has 20 nitrogen and oxygen atoms in total. The summed E-state index contributed by atoms with van der Waals surface area (Å²) in [5.74, 6) is -2.86. The van der Waals surface area contributed by atoms with E-state index in [2.05, 4.69) is 26.3 Å². The van der Waals surface area contributed by atoms with Gasteiger partial charge in [0, 0.05) is 72.4 Å². The number of halogens is 3. The summed E-state index contributed by atoms with van der Waals surface area (Å²) >= 11 is 6.45. The van der Waals surface area contributed by atoms with Crippen LogP contribution in [0.1, 0.15) is 73.4 Å². The summed E-state index contributed by atoms with van der Waals surface area (Å²) in [6.07, 6.45) is 2.77. The van der Waals surface area contributed by atoms with Gasteiger partial charge in [-0.05, 0) is 67.8 Å². The number of carbonyl (C=O) groups is 6. The molecule has 394 valence electrons. The number of imide groups is 2. The van der Waals surface area contributed by atoms with Crippen LogP contribution in [0.2, 0.25) is 5.02 Å². The summed E-state index contributed by atoms with van der Waals surface area (Å²) in [5.41, 5.74) is 4.11. The third-order valence-corrected chi connectivity index (χ3v) is 12.2. The molecule has 3 aliphatic rings. The summed E-state index contributed by atoms with van der Waals surface area (Å²) in [7, 11) is 2.95. The number of carbonyl (C=O) groups excluding carboxylic acids is 6. The standard InChI is InChI=1S/C52H52ClFN8O12.ClH/c1-69-39-9-4-8-37(54)45(39)47-36-25-31(53)11-13-33(36)46-30(27-57-47)28-58-52(61-46)59-32-12-14-34(41(26-32)70-2)48(65)56-18-6-20-72-22-24-73-23-21-71-19-5-17-55-43(64)29-74-40-10-3-7-35-44(40)51(68)62(50(35)67)38-15-16-42(63)60-49(38)66;/h3-4,7-14,25-26,28,38H,5-6,15-24,27,29H2,1-2H3,(H,55,64)(H,56,65)(H,58,59,61)(H,60,63,66);1H. The Balaban J connectivity index is 0.00000820. The number of hydrogen-bond donors (Lipinski definition) is 4. The van der Waals surface area contributed by atoms with Crippen LogP contribution in [0.3, 0.4) is 0 Å². The molecule has 4 heterocycles. The number of amides is 6. The maximum absolute atomic E-state index is 15.3. The van der Waals surface area contributed by atoms with Gasteiger partial charge in [0.1, 0.15) is 29.1 Å². The van der Waals surface area contributed by atoms with Crippen LogP contribution in [0.15, 0.2) is 84.0 Å². The number of anilines is 2. The Hall–Kier alpha value is -7.56. The SMILES string of the molecule is COc1cc(Nc2ncc3c(n2)-c2ccc(Cl)cc2C(c2c(F)cccc2OC)=NC3)ccc1C(=O)NCCCOCCOCCOCCCNC(=O)COc1cccc2c1C(=O)N(C1CCC(=O)NC1=O)C2=O.Cl. The highest BCUT2D eigenvalue weighted by molar-refractivity contribution is 6.32. The average Bonchev–Trinajstić information content (AvgIpc) is 3.56. The van der Waals surface area contributed by atoms with Gasteiger partial charge in [-0.15, -0.1) is 12.4 Å². The van der Waals surface area contributed by atoms with Crippen molar-refractivity contribution in [2.45, 2.75) is 38.3 Å². The first-order valence-corrected chi connectivity index (χ1v) is 24.1. The van der Waals surface area contributed by atoms with Gasteiger partial charge >= 0.3 is 0 Å². The van der Waals surface area contributed by atoms with Crippen LogP contribution in [0, 0.1) is 5.82 Å². The average molecular weight is 1070 g/mol. The molecule has 1 atom stereocenters. The van der Waals surface area contributed by atoms with E-state index in [1.807, 2.05) is 6.07 Å². The second-order valence-corrected chi connectivity index (χ2v) is 17.3. The largest absolute Gasteiger partial charge is 0.496 e. The summed E-state index contributed by atoms with van der Waals surface area (Å²) in [6.45, 7) is 2.58. The summed E-state index contributed by atoms with van der Waals surface area (Å²) in [6, 6.07) is 18.2. The van der Waals surface area contributed by atoms with Gasteiger partial charge in [-0.25, -0.2) is 14.4 Å². The number of aromatic nitrogens is 2. The van der Waals surface area contributed by atoms with Gasteiger partial charge in [-0.3, -0.25) is 44.0 Å². The van der Waals surface area contributed by atoms with E-state index in [0.29, 0.717) is 116 Å². The highest BCUT2D eigenvalue weighted by Gasteiger charge is 2.46. The molecule has 5 aromatic rings. The Morgan fingerprint density at radius 2 is 1.49 bits per heavy atom. The molecule has 1 saturated heterocycles. The fourth-order valence-electron chi connectivity index (χ4n) is 8.40. The molecule has 4 aromatic carbocycles. The molecule has 3 aliphatic heterocycles. The van der Waals surface area contributed by atoms with Crippen LogP contribution < -0.4 is 35.5 Å². The molecule has 0 bridgehead atoms. The lowest BCUT2D eigenvalue weighted by atomic mass is 9.94. The Morgan fingerprint density at radius 1 is 0.787 bits per heavy atom. The molecule has 1 fully saturated rings. The third kappa shape index (κ3) is 13.2. The van der Waals surface area contributed by atoms with Gasteiger partial charge in [0.05, 0.1) is 80.9 Å². The molecule has 75 heavy (non-hydrogen) atoms. The minimum atomic E-state index is -1.11. The Bertz CT molecular complexity index is 3000. The van der Waals surface area contributed by atoms with Crippen LogP contribution in [-0.4, -0.2) is 136 Å². The van der Waals surface area contributed by atoms with Gasteiger partial charge in [-0.2, -0.15) is 0 Å². The van der Waals surface area contributed by atoms with Gasteiger partial charge in [0.15, 0.2) is 6.61 Å². The summed E-state index contributed by atoms with van der Waals surface area (Å²) < 4.78 is 48.8. The molecule has 0 saturated carbocycles. The first kappa shape index (κ1) is 55.2. The predicted molar refractivity (Wildman–Crippen MR) is 274 cm³/mol. The fourth-order valence-corrected chi connectivity index (χ4v) is 8.57. The lowest BCUT2D eigenvalue weighted by Crippen LogP contribution is -2.54. The van der Waals surface area contributed by atoms with Crippen molar-refractivity contribution < 1.29 is 61.6 Å². The maximum atomic E-state index is 15.3. The van der Waals surface area contributed by atoms with E-state index in [4.69, 9.17) is 50.0 Å². The quantitative estimate of drug-likeness (QED) is 0.0432. The number of fused-ring (bicyclic) bond motifs is 4. The third-order valence-electron chi connectivity index (χ3n) is 12.0. The zero-order valence-electron chi connectivity index (χ0n) is 40.8. The zero-order chi connectivity index (χ0) is 52.1. The van der Waals surface area contributed by atoms with Crippen molar-refractivity contribution in [3.8, 4) is 28.5 Å². The minimum absolute atomic E-state index is 0. The highest BCUT2D eigenvalue weighted by atomic mass is 35.5. The smallest absolute Gasteiger partial charge is 0.266 e. The zero-order valence-corrected chi connectivity index (χ0v) is 42.4. The van der Waals surface area contributed by atoms with Crippen LogP contribution in [0.4, 0.5) is 16.0 Å². The van der Waals surface area contributed by atoms with Gasteiger partial charge in [0.25, 0.3) is 23.6 Å². The Morgan fingerprint density at radius 3 is 2.23 bits per heavy atom. The van der Waals surface area contributed by atoms with E-state index < -0.39 is 48.0 Å². The van der Waals surface area contributed by atoms with Crippen molar-refractivity contribution in [3.63, 3.8) is 0 Å². The first-order chi connectivity index (χ1) is 35.9. The van der Waals surface area contributed by atoms with E-state index in [9.17, 15) is 28.8 Å². The second-order valence-electron chi connectivity index (χ2n) is 16.8. The molecule has 0 spiro atoms. The van der Waals surface area contributed by atoms with Crippen molar-refractivity contribution in [2.24, 2.45) is 4.99 Å². The Kier molecular flexibility index (Phi) is 19.2. The van der Waals surface area contributed by atoms with Crippen molar-refractivity contribution in [1.82, 2.24) is 30.8 Å².